The SMILES string of the molecule is NNc1ccc(S)cc1O. The molecule has 3 nitrogen and oxygen atoms in total. The molecule has 4 N–H and O–H groups in total. The number of rotatable bonds is 1. The summed E-state index contributed by atoms with van der Waals surface area (Å²) in [5, 5.41) is 9.10. The Bertz CT molecular complexity index is 239. The van der Waals surface area contributed by atoms with Gasteiger partial charge in [0.1, 0.15) is 5.75 Å². The third-order valence-electron chi connectivity index (χ3n) is 1.14. The van der Waals surface area contributed by atoms with E-state index in [4.69, 9.17) is 10.9 Å². The van der Waals surface area contributed by atoms with Crippen LogP contribution in [0.5, 0.6) is 5.75 Å². The van der Waals surface area contributed by atoms with E-state index < -0.39 is 0 Å². The lowest BCUT2D eigenvalue weighted by atomic mass is 10.3. The summed E-state index contributed by atoms with van der Waals surface area (Å²) >= 11 is 4.01. The molecule has 0 aliphatic heterocycles. The van der Waals surface area contributed by atoms with Gasteiger partial charge < -0.3 is 10.5 Å². The number of hydrogen-bond donors (Lipinski definition) is 4. The van der Waals surface area contributed by atoms with Gasteiger partial charge in [-0.05, 0) is 18.2 Å². The molecule has 0 unspecified atom stereocenters. The number of hydrogen-bond acceptors (Lipinski definition) is 4. The number of aromatic hydroxyl groups is 1. The first kappa shape index (κ1) is 7.24. The molecule has 4 heteroatoms. The summed E-state index contributed by atoms with van der Waals surface area (Å²) < 4.78 is 0. The van der Waals surface area contributed by atoms with Crippen molar-refractivity contribution in [2.75, 3.05) is 5.43 Å². The first-order chi connectivity index (χ1) is 4.74. The average Bonchev–Trinajstić information content (AvgIpc) is 1.88. The zero-order valence-electron chi connectivity index (χ0n) is 5.20. The van der Waals surface area contributed by atoms with E-state index in [0.717, 1.165) is 0 Å². The van der Waals surface area contributed by atoms with Crippen LogP contribution < -0.4 is 11.3 Å². The minimum Gasteiger partial charge on any atom is -0.506 e. The normalized spacial score (nSPS) is 9.40. The van der Waals surface area contributed by atoms with E-state index in [9.17, 15) is 0 Å². The molecule has 0 heterocycles. The van der Waals surface area contributed by atoms with Crippen LogP contribution in [-0.4, -0.2) is 5.11 Å². The van der Waals surface area contributed by atoms with Crippen LogP contribution >= 0.6 is 12.6 Å². The second-order valence-electron chi connectivity index (χ2n) is 1.85. The Hall–Kier alpha value is -0.870. The first-order valence-corrected chi connectivity index (χ1v) is 3.17. The van der Waals surface area contributed by atoms with Gasteiger partial charge in [-0.3, -0.25) is 5.84 Å². The van der Waals surface area contributed by atoms with Gasteiger partial charge in [-0.1, -0.05) is 0 Å². The topological polar surface area (TPSA) is 58.3 Å². The summed E-state index contributed by atoms with van der Waals surface area (Å²) in [6, 6.07) is 4.90. The second kappa shape index (κ2) is 2.81. The molecule has 0 atom stereocenters. The maximum Gasteiger partial charge on any atom is 0.141 e. The van der Waals surface area contributed by atoms with Crippen molar-refractivity contribution in [3.05, 3.63) is 18.2 Å². The van der Waals surface area contributed by atoms with Crippen molar-refractivity contribution in [1.29, 1.82) is 0 Å². The maximum absolute atomic E-state index is 9.10. The highest BCUT2D eigenvalue weighted by Crippen LogP contribution is 2.24. The number of anilines is 1. The molecule has 0 amide bonds. The molecule has 1 aromatic rings. The van der Waals surface area contributed by atoms with E-state index >= 15 is 0 Å². The molecular formula is C6H8N2OS. The fourth-order valence-electron chi connectivity index (χ4n) is 0.642. The van der Waals surface area contributed by atoms with E-state index in [1.54, 1.807) is 12.1 Å². The minimum absolute atomic E-state index is 0.106. The first-order valence-electron chi connectivity index (χ1n) is 2.72. The number of thiol groups is 1. The molecule has 1 rings (SSSR count). The summed E-state index contributed by atoms with van der Waals surface area (Å²) in [7, 11) is 0. The lowest BCUT2D eigenvalue weighted by molar-refractivity contribution is 0.476. The predicted molar refractivity (Wildman–Crippen MR) is 43.2 cm³/mol. The third kappa shape index (κ3) is 1.34. The standard InChI is InChI=1S/C6H8N2OS/c7-8-5-2-1-4(10)3-6(5)9/h1-3,8-10H,7H2. The van der Waals surface area contributed by atoms with Gasteiger partial charge in [-0.25, -0.2) is 0 Å². The summed E-state index contributed by atoms with van der Waals surface area (Å²) in [5.41, 5.74) is 2.84. The van der Waals surface area contributed by atoms with E-state index in [0.29, 0.717) is 10.6 Å². The fraction of sp³-hybridized carbons (Fsp3) is 0. The molecule has 0 spiro atoms. The Morgan fingerprint density at radius 1 is 1.50 bits per heavy atom. The Morgan fingerprint density at radius 3 is 2.70 bits per heavy atom. The van der Waals surface area contributed by atoms with Gasteiger partial charge in [0.15, 0.2) is 0 Å². The fourth-order valence-corrected chi connectivity index (χ4v) is 0.839. The quantitative estimate of drug-likeness (QED) is 0.212. The Labute approximate surface area is 64.2 Å². The van der Waals surface area contributed by atoms with Crippen molar-refractivity contribution in [2.45, 2.75) is 4.90 Å². The van der Waals surface area contributed by atoms with Gasteiger partial charge in [0.25, 0.3) is 0 Å². The molecule has 0 aromatic heterocycles. The average molecular weight is 156 g/mol. The highest BCUT2D eigenvalue weighted by atomic mass is 32.1. The smallest absolute Gasteiger partial charge is 0.141 e. The summed E-state index contributed by atoms with van der Waals surface area (Å²) in [6.45, 7) is 0. The number of hydrazine groups is 1. The largest absolute Gasteiger partial charge is 0.506 e. The van der Waals surface area contributed by atoms with Crippen LogP contribution in [0.15, 0.2) is 23.1 Å². The minimum atomic E-state index is 0.106. The van der Waals surface area contributed by atoms with Crippen LogP contribution in [0.3, 0.4) is 0 Å². The van der Waals surface area contributed by atoms with Gasteiger partial charge in [0.2, 0.25) is 0 Å². The molecule has 0 saturated carbocycles. The highest BCUT2D eigenvalue weighted by molar-refractivity contribution is 7.80. The van der Waals surface area contributed by atoms with Crippen molar-refractivity contribution in [3.63, 3.8) is 0 Å². The molecule has 1 aromatic carbocycles. The van der Waals surface area contributed by atoms with Crippen molar-refractivity contribution in [3.8, 4) is 5.75 Å². The molecule has 0 aliphatic rings. The number of nitrogens with one attached hydrogen (secondary N) is 1. The van der Waals surface area contributed by atoms with Crippen molar-refractivity contribution < 1.29 is 5.11 Å². The van der Waals surface area contributed by atoms with Gasteiger partial charge in [0, 0.05) is 4.90 Å². The lowest BCUT2D eigenvalue weighted by Crippen LogP contribution is -2.06. The van der Waals surface area contributed by atoms with Crippen molar-refractivity contribution in [1.82, 2.24) is 0 Å². The monoisotopic (exact) mass is 156 g/mol. The molecule has 0 bridgehead atoms. The Morgan fingerprint density at radius 2 is 2.20 bits per heavy atom. The van der Waals surface area contributed by atoms with Crippen LogP contribution in [0.25, 0.3) is 0 Å². The predicted octanol–water partition coefficient (Wildman–Crippen LogP) is 0.966. The van der Waals surface area contributed by atoms with Gasteiger partial charge in [-0.2, -0.15) is 0 Å². The van der Waals surface area contributed by atoms with Crippen LogP contribution in [0.2, 0.25) is 0 Å². The third-order valence-corrected chi connectivity index (χ3v) is 1.41. The Balaban J connectivity index is 3.07. The van der Waals surface area contributed by atoms with Crippen molar-refractivity contribution >= 4 is 18.3 Å². The molecule has 54 valence electrons. The molecule has 10 heavy (non-hydrogen) atoms. The number of phenols is 1. The van der Waals surface area contributed by atoms with Crippen molar-refractivity contribution in [2.24, 2.45) is 5.84 Å². The van der Waals surface area contributed by atoms with Gasteiger partial charge >= 0.3 is 0 Å². The summed E-state index contributed by atoms with van der Waals surface area (Å²) in [4.78, 5) is 0.705. The summed E-state index contributed by atoms with van der Waals surface area (Å²) in [5.74, 6) is 5.17. The molecule has 0 saturated heterocycles. The van der Waals surface area contributed by atoms with E-state index in [-0.39, 0.29) is 5.75 Å². The maximum atomic E-state index is 9.10. The van der Waals surface area contributed by atoms with Gasteiger partial charge in [-0.15, -0.1) is 12.6 Å². The molecule has 0 radical (unpaired) electrons. The molecule has 0 aliphatic carbocycles. The van der Waals surface area contributed by atoms with E-state index in [1.165, 1.54) is 6.07 Å². The number of nitrogens with two attached hydrogens (primary N) is 1. The number of phenolic OH excluding ortho intramolecular Hbond substituents is 1. The van der Waals surface area contributed by atoms with E-state index in [1.807, 2.05) is 0 Å². The van der Waals surface area contributed by atoms with Crippen LogP contribution in [0.1, 0.15) is 0 Å². The Kier molecular flexibility index (Phi) is 2.03. The number of nitrogen functional groups attached to an aromatic ring is 1. The zero-order valence-corrected chi connectivity index (χ0v) is 6.10. The lowest BCUT2D eigenvalue weighted by Gasteiger charge is -2.02. The molecule has 0 fully saturated rings. The van der Waals surface area contributed by atoms with Gasteiger partial charge in [0.05, 0.1) is 5.69 Å². The van der Waals surface area contributed by atoms with Crippen LogP contribution in [-0.2, 0) is 0 Å². The van der Waals surface area contributed by atoms with E-state index in [2.05, 4.69) is 18.1 Å². The number of benzene rings is 1. The van der Waals surface area contributed by atoms with Crippen LogP contribution in [0.4, 0.5) is 5.69 Å². The zero-order chi connectivity index (χ0) is 7.56. The molecular weight excluding hydrogens is 148 g/mol. The summed E-state index contributed by atoms with van der Waals surface area (Å²) in [6.07, 6.45) is 0. The van der Waals surface area contributed by atoms with Crippen LogP contribution in [0, 0.1) is 0 Å². The highest BCUT2D eigenvalue weighted by Gasteiger charge is 1.96. The second-order valence-corrected chi connectivity index (χ2v) is 2.36.